The predicted octanol–water partition coefficient (Wildman–Crippen LogP) is 3.02. The van der Waals surface area contributed by atoms with Gasteiger partial charge in [0.1, 0.15) is 5.75 Å². The molecule has 0 saturated heterocycles. The summed E-state index contributed by atoms with van der Waals surface area (Å²) in [7, 11) is 0. The Labute approximate surface area is 109 Å². The fourth-order valence-electron chi connectivity index (χ4n) is 1.61. The Morgan fingerprint density at radius 2 is 2.17 bits per heavy atom. The van der Waals surface area contributed by atoms with Gasteiger partial charge in [-0.3, -0.25) is 9.59 Å². The fraction of sp³-hybridized carbons (Fsp3) is 0.143. The van der Waals surface area contributed by atoms with Gasteiger partial charge in [0.2, 0.25) is 0 Å². The summed E-state index contributed by atoms with van der Waals surface area (Å²) in [5.74, 6) is 0.00362. The van der Waals surface area contributed by atoms with Gasteiger partial charge in [0, 0.05) is 4.88 Å². The molecule has 1 heterocycles. The summed E-state index contributed by atoms with van der Waals surface area (Å²) >= 11 is 1.51. The first-order chi connectivity index (χ1) is 8.70. The number of aryl methyl sites for hydroxylation is 1. The van der Waals surface area contributed by atoms with E-state index in [0.29, 0.717) is 17.6 Å². The van der Waals surface area contributed by atoms with Gasteiger partial charge in [0.15, 0.2) is 6.29 Å². The van der Waals surface area contributed by atoms with Gasteiger partial charge < -0.3 is 4.74 Å². The lowest BCUT2D eigenvalue weighted by Gasteiger charge is -2.08. The van der Waals surface area contributed by atoms with Crippen LogP contribution in [0.3, 0.4) is 0 Å². The van der Waals surface area contributed by atoms with Crippen LogP contribution >= 0.6 is 11.3 Å². The number of esters is 1. The number of thiophene rings is 1. The van der Waals surface area contributed by atoms with Crippen LogP contribution in [0.15, 0.2) is 35.7 Å². The average molecular weight is 260 g/mol. The van der Waals surface area contributed by atoms with E-state index in [4.69, 9.17) is 4.74 Å². The van der Waals surface area contributed by atoms with Crippen LogP contribution in [0.4, 0.5) is 0 Å². The molecule has 0 radical (unpaired) electrons. The van der Waals surface area contributed by atoms with Crippen molar-refractivity contribution in [3.63, 3.8) is 0 Å². The third-order valence-electron chi connectivity index (χ3n) is 2.48. The van der Waals surface area contributed by atoms with E-state index in [1.807, 2.05) is 17.5 Å². The van der Waals surface area contributed by atoms with Gasteiger partial charge in [-0.15, -0.1) is 11.3 Å². The first-order valence-electron chi connectivity index (χ1n) is 5.48. The van der Waals surface area contributed by atoms with Gasteiger partial charge in [-0.2, -0.15) is 0 Å². The smallest absolute Gasteiger partial charge is 0.316 e. The second-order valence-corrected chi connectivity index (χ2v) is 4.87. The van der Waals surface area contributed by atoms with Crippen molar-refractivity contribution in [2.24, 2.45) is 0 Å². The molecule has 0 aliphatic carbocycles. The Bertz CT molecular complexity index is 558. The summed E-state index contributed by atoms with van der Waals surface area (Å²) < 4.78 is 5.28. The maximum absolute atomic E-state index is 11.8. The molecular weight excluding hydrogens is 248 g/mol. The molecule has 1 aromatic carbocycles. The zero-order valence-corrected chi connectivity index (χ0v) is 10.7. The Hall–Kier alpha value is -1.94. The molecule has 0 saturated carbocycles. The first kappa shape index (κ1) is 12.5. The van der Waals surface area contributed by atoms with Crippen molar-refractivity contribution in [3.8, 4) is 5.75 Å². The molecule has 3 nitrogen and oxygen atoms in total. The lowest BCUT2D eigenvalue weighted by Crippen LogP contribution is -2.12. The van der Waals surface area contributed by atoms with E-state index in [1.54, 1.807) is 25.1 Å². The molecule has 0 amide bonds. The summed E-state index contributed by atoms with van der Waals surface area (Å²) in [6.07, 6.45) is 0.922. The zero-order valence-electron chi connectivity index (χ0n) is 9.88. The van der Waals surface area contributed by atoms with Gasteiger partial charge in [-0.1, -0.05) is 18.2 Å². The molecule has 2 aromatic rings. The van der Waals surface area contributed by atoms with E-state index >= 15 is 0 Å². The van der Waals surface area contributed by atoms with Gasteiger partial charge in [0.05, 0.1) is 12.0 Å². The first-order valence-corrected chi connectivity index (χ1v) is 6.36. The quantitative estimate of drug-likeness (QED) is 0.482. The third kappa shape index (κ3) is 2.84. The van der Waals surface area contributed by atoms with E-state index in [-0.39, 0.29) is 12.4 Å². The molecule has 0 bridgehead atoms. The summed E-state index contributed by atoms with van der Waals surface area (Å²) in [6.45, 7) is 1.81. The van der Waals surface area contributed by atoms with Crippen molar-refractivity contribution in [2.75, 3.05) is 0 Å². The van der Waals surface area contributed by atoms with Crippen LogP contribution in [-0.2, 0) is 11.2 Å². The molecule has 0 atom stereocenters. The van der Waals surface area contributed by atoms with Crippen molar-refractivity contribution >= 4 is 23.6 Å². The van der Waals surface area contributed by atoms with E-state index in [9.17, 15) is 9.59 Å². The largest absolute Gasteiger partial charge is 0.425 e. The van der Waals surface area contributed by atoms with Crippen LogP contribution in [0.2, 0.25) is 0 Å². The standard InChI is InChI=1S/C14H12O3S/c1-10-4-2-5-11(9-15)14(10)17-13(16)8-12-6-3-7-18-12/h2-7,9H,8H2,1H3. The van der Waals surface area contributed by atoms with Crippen LogP contribution in [-0.4, -0.2) is 12.3 Å². The summed E-state index contributed by atoms with van der Waals surface area (Å²) in [4.78, 5) is 23.6. The summed E-state index contributed by atoms with van der Waals surface area (Å²) in [5.41, 5.74) is 1.17. The number of para-hydroxylation sites is 1. The molecule has 1 aromatic heterocycles. The van der Waals surface area contributed by atoms with Crippen molar-refractivity contribution in [1.82, 2.24) is 0 Å². The molecule has 4 heteroatoms. The minimum Gasteiger partial charge on any atom is -0.425 e. The topological polar surface area (TPSA) is 43.4 Å². The molecule has 0 unspecified atom stereocenters. The minimum atomic E-state index is -0.352. The highest BCUT2D eigenvalue weighted by atomic mass is 32.1. The number of benzene rings is 1. The third-order valence-corrected chi connectivity index (χ3v) is 3.36. The van der Waals surface area contributed by atoms with Gasteiger partial charge >= 0.3 is 5.97 Å². The highest BCUT2D eigenvalue weighted by molar-refractivity contribution is 7.10. The molecule has 92 valence electrons. The number of hydrogen-bond acceptors (Lipinski definition) is 4. The number of rotatable bonds is 4. The SMILES string of the molecule is Cc1cccc(C=O)c1OC(=O)Cc1cccs1. The molecule has 0 N–H and O–H groups in total. The number of carbonyl (C=O) groups is 2. The van der Waals surface area contributed by atoms with Crippen molar-refractivity contribution in [2.45, 2.75) is 13.3 Å². The Kier molecular flexibility index (Phi) is 3.89. The van der Waals surface area contributed by atoms with Crippen LogP contribution in [0, 0.1) is 6.92 Å². The van der Waals surface area contributed by atoms with Crippen molar-refractivity contribution < 1.29 is 14.3 Å². The van der Waals surface area contributed by atoms with Crippen LogP contribution < -0.4 is 4.74 Å². The fourth-order valence-corrected chi connectivity index (χ4v) is 2.30. The van der Waals surface area contributed by atoms with E-state index in [0.717, 1.165) is 10.4 Å². The predicted molar refractivity (Wildman–Crippen MR) is 70.2 cm³/mol. The van der Waals surface area contributed by atoms with Crippen molar-refractivity contribution in [3.05, 3.63) is 51.7 Å². The zero-order chi connectivity index (χ0) is 13.0. The van der Waals surface area contributed by atoms with Crippen LogP contribution in [0.25, 0.3) is 0 Å². The van der Waals surface area contributed by atoms with E-state index in [2.05, 4.69) is 0 Å². The molecular formula is C14H12O3S. The van der Waals surface area contributed by atoms with Gasteiger partial charge in [0.25, 0.3) is 0 Å². The summed E-state index contributed by atoms with van der Waals surface area (Å²) in [6, 6.07) is 8.96. The Balaban J connectivity index is 2.14. The average Bonchev–Trinajstić information content (AvgIpc) is 2.84. The van der Waals surface area contributed by atoms with Gasteiger partial charge in [-0.25, -0.2) is 0 Å². The highest BCUT2D eigenvalue weighted by Gasteiger charge is 2.12. The maximum atomic E-state index is 11.8. The molecule has 0 spiro atoms. The lowest BCUT2D eigenvalue weighted by atomic mass is 10.1. The maximum Gasteiger partial charge on any atom is 0.316 e. The number of carbonyl (C=O) groups excluding carboxylic acids is 2. The Morgan fingerprint density at radius 1 is 1.33 bits per heavy atom. The molecule has 0 fully saturated rings. The molecule has 2 rings (SSSR count). The summed E-state index contributed by atoms with van der Waals surface area (Å²) in [5, 5.41) is 1.91. The molecule has 0 aliphatic rings. The van der Waals surface area contributed by atoms with Crippen molar-refractivity contribution in [1.29, 1.82) is 0 Å². The van der Waals surface area contributed by atoms with Crippen LogP contribution in [0.5, 0.6) is 5.75 Å². The number of aldehydes is 1. The number of hydrogen-bond donors (Lipinski definition) is 0. The molecule has 18 heavy (non-hydrogen) atoms. The normalized spacial score (nSPS) is 10.1. The monoisotopic (exact) mass is 260 g/mol. The number of ether oxygens (including phenoxy) is 1. The second kappa shape index (κ2) is 5.60. The van der Waals surface area contributed by atoms with E-state index in [1.165, 1.54) is 11.3 Å². The van der Waals surface area contributed by atoms with E-state index < -0.39 is 0 Å². The van der Waals surface area contributed by atoms with Gasteiger partial charge in [-0.05, 0) is 30.0 Å². The lowest BCUT2D eigenvalue weighted by molar-refractivity contribution is -0.133. The Morgan fingerprint density at radius 3 is 2.83 bits per heavy atom. The van der Waals surface area contributed by atoms with Crippen LogP contribution in [0.1, 0.15) is 20.8 Å². The molecule has 0 aliphatic heterocycles. The highest BCUT2D eigenvalue weighted by Crippen LogP contribution is 2.22. The minimum absolute atomic E-state index is 0.226. The second-order valence-electron chi connectivity index (χ2n) is 3.84.